The maximum absolute atomic E-state index is 13.7. The topological polar surface area (TPSA) is 102 Å². The number of phenolic OH excluding ortho intramolecular Hbond substituents is 1. The van der Waals surface area contributed by atoms with Crippen LogP contribution in [0.2, 0.25) is 5.04 Å². The number of hydrogen-bond donors (Lipinski definition) is 1. The molecule has 3 aromatic rings. The number of hydrogen-bond acceptors (Lipinski definition) is 7. The van der Waals surface area contributed by atoms with E-state index in [4.69, 9.17) is 13.9 Å². The van der Waals surface area contributed by atoms with Crippen molar-refractivity contribution in [2.24, 2.45) is 17.8 Å². The Labute approximate surface area is 289 Å². The zero-order valence-corrected chi connectivity index (χ0v) is 29.8. The minimum atomic E-state index is -2.92. The largest absolute Gasteiger partial charge is 0.508 e. The van der Waals surface area contributed by atoms with Crippen molar-refractivity contribution >= 4 is 42.7 Å². The molecule has 256 valence electrons. The molecular weight excluding hydrogens is 635 g/mol. The van der Waals surface area contributed by atoms with Gasteiger partial charge in [-0.2, -0.15) is 4.90 Å². The molecule has 2 fully saturated rings. The Morgan fingerprint density at radius 3 is 2.12 bits per heavy atom. The van der Waals surface area contributed by atoms with E-state index in [1.807, 2.05) is 24.3 Å². The minimum absolute atomic E-state index is 0.223. The summed E-state index contributed by atoms with van der Waals surface area (Å²) in [6.07, 6.45) is 2.64. The third-order valence-electron chi connectivity index (χ3n) is 10.4. The number of benzene rings is 3. The molecule has 3 aromatic carbocycles. The second-order valence-corrected chi connectivity index (χ2v) is 18.7. The monoisotopic (exact) mass is 679 g/mol. The van der Waals surface area contributed by atoms with Gasteiger partial charge in [0.05, 0.1) is 38.3 Å². The predicted octanol–water partition coefficient (Wildman–Crippen LogP) is 6.24. The molecule has 0 bridgehead atoms. The van der Waals surface area contributed by atoms with Crippen LogP contribution < -0.4 is 10.4 Å². The SMILES string of the molecule is COC(=O)N1C(=O)[C@@H]2[C@@H](CC(CO[Si](c3ccccc3)(c3ccccc3)C(C)(C)C)=C3[C@@H](CC/C(C)=C/c4ccc(O)cc4)OC[C@@H]32)C1=O. The van der Waals surface area contributed by atoms with E-state index in [1.165, 1.54) is 7.11 Å². The van der Waals surface area contributed by atoms with Crippen LogP contribution in [-0.2, 0) is 23.5 Å². The molecule has 1 aliphatic carbocycles. The summed E-state index contributed by atoms with van der Waals surface area (Å²) in [7, 11) is -1.74. The molecule has 3 amide bonds. The third-order valence-corrected chi connectivity index (χ3v) is 15.3. The number of allylic oxidation sites excluding steroid dienone is 1. The van der Waals surface area contributed by atoms with Crippen LogP contribution in [0.4, 0.5) is 4.79 Å². The van der Waals surface area contributed by atoms with Crippen molar-refractivity contribution in [1.29, 1.82) is 0 Å². The highest BCUT2D eigenvalue weighted by atomic mass is 28.4. The van der Waals surface area contributed by atoms with Gasteiger partial charge in [-0.25, -0.2) is 4.79 Å². The Morgan fingerprint density at radius 2 is 1.55 bits per heavy atom. The van der Waals surface area contributed by atoms with E-state index < -0.39 is 38.1 Å². The quantitative estimate of drug-likeness (QED) is 0.162. The van der Waals surface area contributed by atoms with Crippen LogP contribution in [0.1, 0.15) is 52.5 Å². The van der Waals surface area contributed by atoms with E-state index in [2.05, 4.69) is 82.3 Å². The predicted molar refractivity (Wildman–Crippen MR) is 191 cm³/mol. The number of imide groups is 3. The first-order chi connectivity index (χ1) is 23.5. The molecule has 0 radical (unpaired) electrons. The van der Waals surface area contributed by atoms with Gasteiger partial charge in [-0.15, -0.1) is 0 Å². The Hall–Kier alpha value is -4.31. The molecule has 6 rings (SSSR count). The van der Waals surface area contributed by atoms with Crippen LogP contribution >= 0.6 is 0 Å². The average Bonchev–Trinajstić information content (AvgIpc) is 3.63. The molecule has 0 spiro atoms. The van der Waals surface area contributed by atoms with Gasteiger partial charge in [0.15, 0.2) is 0 Å². The average molecular weight is 680 g/mol. The first-order valence-corrected chi connectivity index (χ1v) is 18.9. The Balaban J connectivity index is 1.38. The van der Waals surface area contributed by atoms with Crippen LogP contribution in [0.15, 0.2) is 102 Å². The second kappa shape index (κ2) is 13.9. The van der Waals surface area contributed by atoms with Crippen molar-refractivity contribution < 1.29 is 33.4 Å². The molecule has 1 N–H and O–H groups in total. The summed E-state index contributed by atoms with van der Waals surface area (Å²) >= 11 is 0. The lowest BCUT2D eigenvalue weighted by Crippen LogP contribution is -2.66. The number of likely N-dealkylation sites (tertiary alicyclic amines) is 1. The number of amides is 3. The number of carbonyl (C=O) groups is 3. The Bertz CT molecular complexity index is 1720. The smallest absolute Gasteiger partial charge is 0.423 e. The highest BCUT2D eigenvalue weighted by molar-refractivity contribution is 6.99. The third kappa shape index (κ3) is 6.43. The highest BCUT2D eigenvalue weighted by Crippen LogP contribution is 2.50. The van der Waals surface area contributed by atoms with Gasteiger partial charge in [0, 0.05) is 5.92 Å². The number of nitrogens with zero attached hydrogens (tertiary/aromatic N) is 1. The summed E-state index contributed by atoms with van der Waals surface area (Å²) in [6, 6.07) is 27.9. The fourth-order valence-electron chi connectivity index (χ4n) is 8.12. The fraction of sp³-hybridized carbons (Fsp3) is 0.375. The van der Waals surface area contributed by atoms with Crippen molar-refractivity contribution in [2.45, 2.75) is 58.1 Å². The molecule has 2 aliphatic heterocycles. The van der Waals surface area contributed by atoms with Crippen molar-refractivity contribution in [3.63, 3.8) is 0 Å². The lowest BCUT2D eigenvalue weighted by molar-refractivity contribution is -0.137. The van der Waals surface area contributed by atoms with E-state index in [-0.39, 0.29) is 29.4 Å². The molecule has 2 heterocycles. The maximum atomic E-state index is 13.7. The van der Waals surface area contributed by atoms with Crippen molar-refractivity contribution in [3.8, 4) is 5.75 Å². The van der Waals surface area contributed by atoms with Crippen LogP contribution in [0.25, 0.3) is 6.08 Å². The second-order valence-electron chi connectivity index (χ2n) is 14.4. The zero-order chi connectivity index (χ0) is 34.9. The number of rotatable bonds is 9. The normalized spacial score (nSPS) is 22.7. The van der Waals surface area contributed by atoms with Crippen LogP contribution in [0, 0.1) is 17.8 Å². The van der Waals surface area contributed by atoms with Crippen molar-refractivity contribution in [1.82, 2.24) is 4.90 Å². The molecule has 0 saturated carbocycles. The summed E-state index contributed by atoms with van der Waals surface area (Å²) in [4.78, 5) is 40.7. The molecule has 9 heteroatoms. The summed E-state index contributed by atoms with van der Waals surface area (Å²) in [5.41, 5.74) is 4.16. The molecule has 3 aliphatic rings. The lowest BCUT2D eigenvalue weighted by Gasteiger charge is -2.44. The van der Waals surface area contributed by atoms with Gasteiger partial charge < -0.3 is 19.0 Å². The van der Waals surface area contributed by atoms with Crippen LogP contribution in [0.3, 0.4) is 0 Å². The lowest BCUT2D eigenvalue weighted by atomic mass is 9.69. The molecule has 0 aromatic heterocycles. The number of phenols is 1. The fourth-order valence-corrected chi connectivity index (χ4v) is 12.7. The van der Waals surface area contributed by atoms with Crippen LogP contribution in [0.5, 0.6) is 5.75 Å². The summed E-state index contributed by atoms with van der Waals surface area (Å²) in [5.74, 6) is -2.51. The Kier molecular flexibility index (Phi) is 9.80. The summed E-state index contributed by atoms with van der Waals surface area (Å²) < 4.78 is 18.7. The van der Waals surface area contributed by atoms with E-state index in [1.54, 1.807) is 12.1 Å². The van der Waals surface area contributed by atoms with Gasteiger partial charge in [-0.05, 0) is 70.4 Å². The van der Waals surface area contributed by atoms with Gasteiger partial charge in [-0.1, -0.05) is 105 Å². The minimum Gasteiger partial charge on any atom is -0.508 e. The van der Waals surface area contributed by atoms with Gasteiger partial charge in [0.1, 0.15) is 5.75 Å². The van der Waals surface area contributed by atoms with E-state index in [0.29, 0.717) is 24.3 Å². The van der Waals surface area contributed by atoms with Gasteiger partial charge >= 0.3 is 6.09 Å². The number of ether oxygens (including phenoxy) is 2. The van der Waals surface area contributed by atoms with Gasteiger partial charge in [0.2, 0.25) is 11.8 Å². The highest BCUT2D eigenvalue weighted by Gasteiger charge is 2.59. The summed E-state index contributed by atoms with van der Waals surface area (Å²) in [5, 5.41) is 11.7. The molecule has 49 heavy (non-hydrogen) atoms. The van der Waals surface area contributed by atoms with E-state index >= 15 is 0 Å². The number of fused-ring (bicyclic) bond motifs is 3. The number of methoxy groups -OCH3 is 1. The van der Waals surface area contributed by atoms with Crippen LogP contribution in [-0.4, -0.2) is 62.7 Å². The van der Waals surface area contributed by atoms with E-state index in [9.17, 15) is 19.5 Å². The summed E-state index contributed by atoms with van der Waals surface area (Å²) in [6.45, 7) is 9.34. The first-order valence-electron chi connectivity index (χ1n) is 17.0. The first kappa shape index (κ1) is 34.5. The van der Waals surface area contributed by atoms with E-state index in [0.717, 1.165) is 39.1 Å². The van der Waals surface area contributed by atoms with Crippen molar-refractivity contribution in [3.05, 3.63) is 107 Å². The Morgan fingerprint density at radius 1 is 0.939 bits per heavy atom. The molecule has 4 atom stereocenters. The zero-order valence-electron chi connectivity index (χ0n) is 28.8. The van der Waals surface area contributed by atoms with Gasteiger partial charge in [-0.3, -0.25) is 9.59 Å². The molecule has 2 saturated heterocycles. The number of aromatic hydroxyl groups is 1. The standard InChI is InChI=1S/C40H45NO7Si/c1-26(22-27-17-19-29(42)20-18-27)16-21-34-35-28(23-32-36(33(35)25-47-34)38(44)41(37(32)43)39(45)46-5)24-48-49(40(2,3)4,30-12-8-6-9-13-30)31-14-10-7-11-15-31/h6-15,17-20,22,32-34,36,42H,16,21,23-25H2,1-5H3/b26-22+/t32-,33+,34-,36-/m1/s1. The molecule has 8 nitrogen and oxygen atoms in total. The molecular formula is C40H45NO7Si. The number of carbonyl (C=O) groups excluding carboxylic acids is 3. The van der Waals surface area contributed by atoms with Crippen molar-refractivity contribution in [2.75, 3.05) is 20.3 Å². The molecule has 0 unspecified atom stereocenters. The maximum Gasteiger partial charge on any atom is 0.423 e. The van der Waals surface area contributed by atoms with Gasteiger partial charge in [0.25, 0.3) is 8.32 Å².